The predicted octanol–water partition coefficient (Wildman–Crippen LogP) is 4.34. The fourth-order valence-corrected chi connectivity index (χ4v) is 3.11. The average Bonchev–Trinajstić information content (AvgIpc) is 2.38. The van der Waals surface area contributed by atoms with E-state index in [4.69, 9.17) is 0 Å². The lowest BCUT2D eigenvalue weighted by atomic mass is 10.4. The molecule has 1 heterocycles. The van der Waals surface area contributed by atoms with Crippen LogP contribution in [0.4, 0.5) is 5.82 Å². The third-order valence-electron chi connectivity index (χ3n) is 2.19. The molecule has 1 aromatic carbocycles. The Morgan fingerprint density at radius 2 is 2.17 bits per heavy atom. The molecular weight excluding hydrogens is 378 g/mol. The molecule has 94 valence electrons. The van der Waals surface area contributed by atoms with Crippen LogP contribution in [0.1, 0.15) is 5.82 Å². The van der Waals surface area contributed by atoms with Crippen LogP contribution in [0.25, 0.3) is 0 Å². The molecule has 1 aromatic heterocycles. The molecule has 0 fully saturated rings. The molecule has 0 saturated heterocycles. The highest BCUT2D eigenvalue weighted by molar-refractivity contribution is 9.10. The summed E-state index contributed by atoms with van der Waals surface area (Å²) in [6.07, 6.45) is 1.77. The number of aromatic nitrogens is 2. The first-order valence-electron chi connectivity index (χ1n) is 5.26. The topological polar surface area (TPSA) is 37.8 Å². The minimum Gasteiger partial charge on any atom is -0.372 e. The summed E-state index contributed by atoms with van der Waals surface area (Å²) in [6.45, 7) is 0. The van der Waals surface area contributed by atoms with Gasteiger partial charge < -0.3 is 5.32 Å². The smallest absolute Gasteiger partial charge is 0.143 e. The summed E-state index contributed by atoms with van der Waals surface area (Å²) in [5.41, 5.74) is 0. The van der Waals surface area contributed by atoms with Crippen LogP contribution in [0.3, 0.4) is 0 Å². The Balaban J connectivity index is 2.06. The standard InChI is InChI=1S/C12H11Br2N3S/c1-15-12-10(14)6-16-11(17-12)7-18-9-4-2-3-8(13)5-9/h2-6H,7H2,1H3,(H,15,16,17). The molecule has 3 nitrogen and oxygen atoms in total. The number of hydrogen-bond acceptors (Lipinski definition) is 4. The van der Waals surface area contributed by atoms with E-state index in [-0.39, 0.29) is 0 Å². The van der Waals surface area contributed by atoms with Crippen molar-refractivity contribution in [1.29, 1.82) is 0 Å². The van der Waals surface area contributed by atoms with E-state index >= 15 is 0 Å². The summed E-state index contributed by atoms with van der Waals surface area (Å²) >= 11 is 8.57. The van der Waals surface area contributed by atoms with Crippen molar-refractivity contribution in [2.45, 2.75) is 10.6 Å². The van der Waals surface area contributed by atoms with Crippen molar-refractivity contribution in [2.75, 3.05) is 12.4 Å². The second kappa shape index (κ2) is 6.54. The van der Waals surface area contributed by atoms with E-state index in [2.05, 4.69) is 59.3 Å². The first kappa shape index (κ1) is 13.8. The summed E-state index contributed by atoms with van der Waals surface area (Å²) in [5, 5.41) is 3.03. The maximum Gasteiger partial charge on any atom is 0.143 e. The molecule has 0 spiro atoms. The summed E-state index contributed by atoms with van der Waals surface area (Å²) < 4.78 is 1.96. The number of hydrogen-bond donors (Lipinski definition) is 1. The summed E-state index contributed by atoms with van der Waals surface area (Å²) in [6, 6.07) is 8.20. The molecule has 0 aliphatic carbocycles. The van der Waals surface area contributed by atoms with Crippen LogP contribution in [0, 0.1) is 0 Å². The molecule has 18 heavy (non-hydrogen) atoms. The molecule has 1 N–H and O–H groups in total. The molecule has 2 rings (SSSR count). The highest BCUT2D eigenvalue weighted by atomic mass is 79.9. The first-order valence-corrected chi connectivity index (χ1v) is 7.83. The fourth-order valence-electron chi connectivity index (χ4n) is 1.35. The van der Waals surface area contributed by atoms with Crippen molar-refractivity contribution in [3.8, 4) is 0 Å². The predicted molar refractivity (Wildman–Crippen MR) is 83.0 cm³/mol. The molecule has 0 atom stereocenters. The van der Waals surface area contributed by atoms with Crippen LogP contribution in [-0.2, 0) is 5.75 Å². The summed E-state index contributed by atoms with van der Waals surface area (Å²) in [7, 11) is 1.85. The number of nitrogens with one attached hydrogen (secondary N) is 1. The zero-order valence-corrected chi connectivity index (χ0v) is 13.6. The lowest BCUT2D eigenvalue weighted by molar-refractivity contribution is 1.02. The maximum absolute atomic E-state index is 4.43. The Morgan fingerprint density at radius 1 is 1.33 bits per heavy atom. The van der Waals surface area contributed by atoms with Crippen LogP contribution >= 0.6 is 43.6 Å². The highest BCUT2D eigenvalue weighted by Gasteiger charge is 2.04. The molecular formula is C12H11Br2N3S. The van der Waals surface area contributed by atoms with Crippen LogP contribution in [-0.4, -0.2) is 17.0 Å². The molecule has 0 saturated carbocycles. The normalized spacial score (nSPS) is 10.4. The van der Waals surface area contributed by atoms with Gasteiger partial charge in [-0.2, -0.15) is 0 Å². The van der Waals surface area contributed by atoms with Crippen molar-refractivity contribution in [3.63, 3.8) is 0 Å². The van der Waals surface area contributed by atoms with Gasteiger partial charge in [0.1, 0.15) is 11.6 Å². The SMILES string of the molecule is CNc1nc(CSc2cccc(Br)c2)ncc1Br. The van der Waals surface area contributed by atoms with Crippen molar-refractivity contribution in [1.82, 2.24) is 9.97 Å². The van der Waals surface area contributed by atoms with Gasteiger partial charge >= 0.3 is 0 Å². The van der Waals surface area contributed by atoms with E-state index in [1.165, 1.54) is 4.90 Å². The van der Waals surface area contributed by atoms with Crippen molar-refractivity contribution in [3.05, 3.63) is 45.2 Å². The monoisotopic (exact) mass is 387 g/mol. The molecule has 2 aromatic rings. The van der Waals surface area contributed by atoms with Crippen LogP contribution in [0.15, 0.2) is 44.3 Å². The first-order chi connectivity index (χ1) is 8.69. The second-order valence-corrected chi connectivity index (χ2v) is 6.30. The van der Waals surface area contributed by atoms with Gasteiger partial charge in [0.25, 0.3) is 0 Å². The summed E-state index contributed by atoms with van der Waals surface area (Å²) in [4.78, 5) is 9.92. The number of rotatable bonds is 4. The van der Waals surface area contributed by atoms with E-state index in [1.54, 1.807) is 18.0 Å². The van der Waals surface area contributed by atoms with Gasteiger partial charge in [0.05, 0.1) is 10.2 Å². The quantitative estimate of drug-likeness (QED) is 0.790. The van der Waals surface area contributed by atoms with Gasteiger partial charge in [-0.3, -0.25) is 0 Å². The third kappa shape index (κ3) is 3.70. The Bertz CT molecular complexity index is 549. The van der Waals surface area contributed by atoms with E-state index in [0.717, 1.165) is 26.3 Å². The Morgan fingerprint density at radius 3 is 2.89 bits per heavy atom. The zero-order valence-electron chi connectivity index (χ0n) is 9.65. The number of thioether (sulfide) groups is 1. The molecule has 0 aliphatic rings. The zero-order chi connectivity index (χ0) is 13.0. The molecule has 6 heteroatoms. The molecule has 0 aliphatic heterocycles. The van der Waals surface area contributed by atoms with Crippen LogP contribution in [0.2, 0.25) is 0 Å². The van der Waals surface area contributed by atoms with Gasteiger partial charge in [0.2, 0.25) is 0 Å². The molecule has 0 radical (unpaired) electrons. The summed E-state index contributed by atoms with van der Waals surface area (Å²) in [5.74, 6) is 2.38. The van der Waals surface area contributed by atoms with Gasteiger partial charge in [-0.25, -0.2) is 9.97 Å². The van der Waals surface area contributed by atoms with Crippen molar-refractivity contribution >= 4 is 49.4 Å². The van der Waals surface area contributed by atoms with E-state index < -0.39 is 0 Å². The lowest BCUT2D eigenvalue weighted by Gasteiger charge is -2.05. The molecule has 0 bridgehead atoms. The lowest BCUT2D eigenvalue weighted by Crippen LogP contribution is -1.99. The average molecular weight is 389 g/mol. The van der Waals surface area contributed by atoms with E-state index in [9.17, 15) is 0 Å². The second-order valence-electron chi connectivity index (χ2n) is 3.48. The van der Waals surface area contributed by atoms with Crippen molar-refractivity contribution < 1.29 is 0 Å². The van der Waals surface area contributed by atoms with Gasteiger partial charge in [-0.15, -0.1) is 11.8 Å². The fraction of sp³-hybridized carbons (Fsp3) is 0.167. The van der Waals surface area contributed by atoms with Crippen LogP contribution < -0.4 is 5.32 Å². The van der Waals surface area contributed by atoms with Gasteiger partial charge in [0.15, 0.2) is 0 Å². The number of halogens is 2. The largest absolute Gasteiger partial charge is 0.372 e. The minimum atomic E-state index is 0.748. The molecule has 0 amide bonds. The Labute approximate surface area is 127 Å². The maximum atomic E-state index is 4.43. The number of nitrogens with zero attached hydrogens (tertiary/aromatic N) is 2. The van der Waals surface area contributed by atoms with Crippen LogP contribution in [0.5, 0.6) is 0 Å². The third-order valence-corrected chi connectivity index (χ3v) is 4.26. The van der Waals surface area contributed by atoms with Gasteiger partial charge in [-0.1, -0.05) is 22.0 Å². The Kier molecular flexibility index (Phi) is 5.03. The number of anilines is 1. The van der Waals surface area contributed by atoms with E-state index in [1.807, 2.05) is 19.2 Å². The molecule has 0 unspecified atom stereocenters. The Hall–Kier alpha value is -0.590. The van der Waals surface area contributed by atoms with E-state index in [0.29, 0.717) is 0 Å². The number of benzene rings is 1. The van der Waals surface area contributed by atoms with Gasteiger partial charge in [0, 0.05) is 22.6 Å². The minimum absolute atomic E-state index is 0.748. The highest BCUT2D eigenvalue weighted by Crippen LogP contribution is 2.25. The van der Waals surface area contributed by atoms with Gasteiger partial charge in [-0.05, 0) is 34.1 Å². The van der Waals surface area contributed by atoms with Crippen molar-refractivity contribution in [2.24, 2.45) is 0 Å².